The van der Waals surface area contributed by atoms with Crippen molar-refractivity contribution < 1.29 is 20.1 Å². The van der Waals surface area contributed by atoms with Crippen molar-refractivity contribution >= 4 is 0 Å². The van der Waals surface area contributed by atoms with Crippen LogP contribution in [0.3, 0.4) is 0 Å². The summed E-state index contributed by atoms with van der Waals surface area (Å²) in [7, 11) is 0. The van der Waals surface area contributed by atoms with Crippen LogP contribution < -0.4 is 0 Å². The second kappa shape index (κ2) is 23.7. The van der Waals surface area contributed by atoms with Crippen LogP contribution in [0.4, 0.5) is 0 Å². The Balaban J connectivity index is 0.00000631. The number of aryl methyl sites for hydroxylation is 4. The molecule has 0 fully saturated rings. The third-order valence-corrected chi connectivity index (χ3v) is 14.2. The summed E-state index contributed by atoms with van der Waals surface area (Å²) in [4.78, 5) is 13.9. The monoisotopic (exact) mass is 1160 g/mol. The molecule has 4 heteroatoms. The van der Waals surface area contributed by atoms with E-state index in [9.17, 15) is 0 Å². The van der Waals surface area contributed by atoms with Gasteiger partial charge in [-0.1, -0.05) is 212 Å². The average Bonchev–Trinajstić information content (AvgIpc) is 3.54. The van der Waals surface area contributed by atoms with Gasteiger partial charge in [-0.15, -0.1) is 94.5 Å². The minimum atomic E-state index is 0. The Morgan fingerprint density at radius 1 is 0.247 bits per heavy atom. The van der Waals surface area contributed by atoms with E-state index >= 15 is 0 Å². The van der Waals surface area contributed by atoms with Crippen LogP contribution in [0, 0.1) is 18.2 Å². The molecule has 0 bridgehead atoms. The van der Waals surface area contributed by atoms with Gasteiger partial charge in [-0.05, 0) is 109 Å². The number of nitrogens with zero attached hydrogens (tertiary/aromatic N) is 3. The molecule has 9 aromatic carbocycles. The van der Waals surface area contributed by atoms with Crippen LogP contribution in [-0.2, 0) is 45.8 Å². The molecule has 0 aliphatic heterocycles. The zero-order valence-corrected chi connectivity index (χ0v) is 44.8. The van der Waals surface area contributed by atoms with Crippen molar-refractivity contribution in [3.8, 4) is 101 Å². The number of aromatic nitrogens is 3. The third kappa shape index (κ3) is 11.8. The topological polar surface area (TPSA) is 38.7 Å². The average molecular weight is 1160 g/mol. The van der Waals surface area contributed by atoms with Gasteiger partial charge in [0.05, 0.1) is 0 Å². The second-order valence-electron chi connectivity index (χ2n) is 19.2. The fourth-order valence-corrected chi connectivity index (χ4v) is 10.2. The molecule has 0 saturated heterocycles. The van der Waals surface area contributed by atoms with E-state index in [-0.39, 0.29) is 20.1 Å². The van der Waals surface area contributed by atoms with Gasteiger partial charge < -0.3 is 15.0 Å². The van der Waals surface area contributed by atoms with Crippen LogP contribution in [-0.4, -0.2) is 15.0 Å². The molecule has 0 N–H and O–H groups in total. The number of hydrogen-bond donors (Lipinski definition) is 0. The van der Waals surface area contributed by atoms with Crippen LogP contribution in [0.1, 0.15) is 22.3 Å². The molecule has 77 heavy (non-hydrogen) atoms. The molecule has 12 rings (SSSR count). The van der Waals surface area contributed by atoms with Gasteiger partial charge in [0.1, 0.15) is 0 Å². The van der Waals surface area contributed by atoms with Crippen LogP contribution >= 0.6 is 0 Å². The van der Waals surface area contributed by atoms with Gasteiger partial charge in [0.2, 0.25) is 0 Å². The normalized spacial score (nSPS) is 11.0. The zero-order valence-electron chi connectivity index (χ0n) is 42.4. The minimum absolute atomic E-state index is 0. The maximum absolute atomic E-state index is 4.78. The van der Waals surface area contributed by atoms with Gasteiger partial charge in [-0.25, -0.2) is 0 Å². The molecule has 368 valence electrons. The fraction of sp³-hybridized carbons (Fsp3) is 0.0548. The molecular weight excluding hydrogens is 1110 g/mol. The van der Waals surface area contributed by atoms with E-state index in [0.717, 1.165) is 98.4 Å². The van der Waals surface area contributed by atoms with Crippen molar-refractivity contribution in [3.63, 3.8) is 0 Å². The molecule has 0 unspecified atom stereocenters. The zero-order chi connectivity index (χ0) is 50.9. The van der Waals surface area contributed by atoms with E-state index in [1.54, 1.807) is 0 Å². The van der Waals surface area contributed by atoms with Crippen molar-refractivity contribution in [2.75, 3.05) is 0 Å². The maximum atomic E-state index is 4.78. The largest absolute Gasteiger partial charge is 3.00 e. The Hall–Kier alpha value is -8.92. The van der Waals surface area contributed by atoms with E-state index in [4.69, 9.17) is 4.98 Å². The van der Waals surface area contributed by atoms with Gasteiger partial charge in [0.15, 0.2) is 0 Å². The first-order valence-electron chi connectivity index (χ1n) is 26.0. The first-order valence-corrected chi connectivity index (χ1v) is 26.0. The van der Waals surface area contributed by atoms with Crippen LogP contribution in [0.15, 0.2) is 267 Å². The Kier molecular flexibility index (Phi) is 15.5. The second-order valence-corrected chi connectivity index (χ2v) is 19.2. The number of pyridine rings is 3. The number of hydrogen-bond acceptors (Lipinski definition) is 3. The molecule has 3 heterocycles. The standard InChI is InChI=1S/C73H52N3.Ir/c1-3-13-56(14-4-1)58-32-34-60(35-33-58)64-40-42-67(70(50-64)68-43-41-65(73-19-9-12-46-76-73)51-69(68)61-38-36-59(37-39-61)57-15-5-2-6-16-57)66-48-54(22-20-52-24-28-62(29-25-52)71-17-7-10-44-74-71)47-55(49-66)23-21-53-26-30-63(31-27-53)72-18-8-11-45-75-72;/h1-19,24-28,30,32-40,42-51H,20-23H2;/q-3;+3. The summed E-state index contributed by atoms with van der Waals surface area (Å²) < 4.78 is 0. The summed E-state index contributed by atoms with van der Waals surface area (Å²) in [5, 5.41) is 0. The van der Waals surface area contributed by atoms with Crippen molar-refractivity contribution in [2.45, 2.75) is 25.7 Å². The molecule has 0 saturated carbocycles. The van der Waals surface area contributed by atoms with Crippen molar-refractivity contribution in [1.29, 1.82) is 0 Å². The molecule has 0 atom stereocenters. The molecular formula is C73H52IrN3. The van der Waals surface area contributed by atoms with E-state index in [1.165, 1.54) is 50.1 Å². The Morgan fingerprint density at radius 2 is 0.662 bits per heavy atom. The number of rotatable bonds is 15. The van der Waals surface area contributed by atoms with Gasteiger partial charge in [0, 0.05) is 18.6 Å². The van der Waals surface area contributed by atoms with Gasteiger partial charge in [-0.3, -0.25) is 0 Å². The van der Waals surface area contributed by atoms with Crippen molar-refractivity contribution in [1.82, 2.24) is 15.0 Å². The molecule has 3 nitrogen and oxygen atoms in total. The predicted octanol–water partition coefficient (Wildman–Crippen LogP) is 17.8. The quantitative estimate of drug-likeness (QED) is 0.0960. The molecule has 3 aromatic heterocycles. The first kappa shape index (κ1) is 50.2. The van der Waals surface area contributed by atoms with E-state index in [0.29, 0.717) is 0 Å². The van der Waals surface area contributed by atoms with Crippen LogP contribution in [0.2, 0.25) is 0 Å². The molecule has 0 spiro atoms. The summed E-state index contributed by atoms with van der Waals surface area (Å²) in [5.41, 5.74) is 24.6. The summed E-state index contributed by atoms with van der Waals surface area (Å²) in [6, 6.07) is 99.6. The van der Waals surface area contributed by atoms with Gasteiger partial charge in [-0.2, -0.15) is 0 Å². The SMILES string of the molecule is [Ir+3].[c-]1cc(CCc2cc(CCc3c[c-]c(-c4ccccn4)cc3)cc(-c3ccc(-c4ccc(-c5ccccc5)cc4)cc3-c3c[c-]c(-c4ccccn4)cc3-c3ccc(-c4ccccc4)cc3)c2)ccc1-c1ccccn1. The fourth-order valence-electron chi connectivity index (χ4n) is 10.2. The van der Waals surface area contributed by atoms with Crippen LogP contribution in [0.5, 0.6) is 0 Å². The van der Waals surface area contributed by atoms with Gasteiger partial charge in [0.25, 0.3) is 0 Å². The minimum Gasteiger partial charge on any atom is -0.305 e. The molecule has 0 amide bonds. The Bertz CT molecular complexity index is 3740. The summed E-state index contributed by atoms with van der Waals surface area (Å²) >= 11 is 0. The van der Waals surface area contributed by atoms with E-state index < -0.39 is 0 Å². The number of benzene rings is 9. The summed E-state index contributed by atoms with van der Waals surface area (Å²) in [6.07, 6.45) is 9.02. The van der Waals surface area contributed by atoms with Crippen molar-refractivity contribution in [3.05, 3.63) is 308 Å². The molecule has 12 aromatic rings. The summed E-state index contributed by atoms with van der Waals surface area (Å²) in [6.45, 7) is 0. The third-order valence-electron chi connectivity index (χ3n) is 14.2. The predicted molar refractivity (Wildman–Crippen MR) is 313 cm³/mol. The summed E-state index contributed by atoms with van der Waals surface area (Å²) in [5.74, 6) is 0. The van der Waals surface area contributed by atoms with E-state index in [1.807, 2.05) is 67.1 Å². The van der Waals surface area contributed by atoms with Gasteiger partial charge >= 0.3 is 20.1 Å². The maximum Gasteiger partial charge on any atom is 3.00 e. The van der Waals surface area contributed by atoms with Crippen LogP contribution in [0.25, 0.3) is 101 Å². The smallest absolute Gasteiger partial charge is 0.305 e. The Morgan fingerprint density at radius 3 is 1.13 bits per heavy atom. The molecule has 0 radical (unpaired) electrons. The Labute approximate surface area is 466 Å². The molecule has 0 aliphatic rings. The molecule has 0 aliphatic carbocycles. The van der Waals surface area contributed by atoms with E-state index in [2.05, 4.69) is 228 Å². The first-order chi connectivity index (χ1) is 37.6. The van der Waals surface area contributed by atoms with Crippen molar-refractivity contribution in [2.24, 2.45) is 0 Å².